The largest absolute Gasteiger partial charge is 0.291 e. The summed E-state index contributed by atoms with van der Waals surface area (Å²) < 4.78 is 24.6. The van der Waals surface area contributed by atoms with Crippen LogP contribution >= 0.6 is 11.3 Å². The number of nitrogens with two attached hydrogens (primary N) is 1. The monoisotopic (exact) mass is 294 g/mol. The van der Waals surface area contributed by atoms with Crippen LogP contribution in [-0.4, -0.2) is 23.2 Å². The van der Waals surface area contributed by atoms with Crippen LogP contribution in [-0.2, 0) is 10.0 Å². The lowest BCUT2D eigenvalue weighted by molar-refractivity contribution is 0.598. The molecule has 0 spiro atoms. The number of sulfonamides is 1. The van der Waals surface area contributed by atoms with Crippen LogP contribution in [0, 0.1) is 6.92 Å². The van der Waals surface area contributed by atoms with Gasteiger partial charge in [-0.3, -0.25) is 4.57 Å². The number of hydrogen-bond acceptors (Lipinski definition) is 5. The maximum Gasteiger partial charge on any atom is 0.238 e. The average Bonchev–Trinajstić information content (AvgIpc) is 2.92. The second-order valence-electron chi connectivity index (χ2n) is 4.06. The molecule has 0 saturated carbocycles. The van der Waals surface area contributed by atoms with Crippen molar-refractivity contribution < 1.29 is 8.42 Å². The Morgan fingerprint density at radius 1 is 1.26 bits per heavy atom. The van der Waals surface area contributed by atoms with E-state index in [1.165, 1.54) is 17.4 Å². The number of nitrogens with zero attached hydrogens (tertiary/aromatic N) is 3. The molecule has 0 bridgehead atoms. The number of primary sulfonamides is 1. The molecule has 2 N–H and O–H groups in total. The number of benzene rings is 1. The third kappa shape index (κ3) is 2.14. The van der Waals surface area contributed by atoms with Gasteiger partial charge in [-0.1, -0.05) is 17.4 Å². The lowest BCUT2D eigenvalue weighted by Gasteiger charge is -2.02. The molecule has 3 aromatic rings. The molecule has 0 amide bonds. The van der Waals surface area contributed by atoms with E-state index in [2.05, 4.69) is 10.2 Å². The van der Waals surface area contributed by atoms with Gasteiger partial charge in [-0.15, -0.1) is 10.2 Å². The first-order valence-electron chi connectivity index (χ1n) is 5.39. The van der Waals surface area contributed by atoms with E-state index in [4.69, 9.17) is 5.14 Å². The molecule has 0 saturated heterocycles. The first-order valence-corrected chi connectivity index (χ1v) is 7.76. The lowest BCUT2D eigenvalue weighted by atomic mass is 10.2. The van der Waals surface area contributed by atoms with Gasteiger partial charge in [-0.2, -0.15) is 0 Å². The minimum absolute atomic E-state index is 0.0844. The normalized spacial score (nSPS) is 12.1. The van der Waals surface area contributed by atoms with Crippen molar-refractivity contribution >= 4 is 32.3 Å². The van der Waals surface area contributed by atoms with Gasteiger partial charge in [-0.05, 0) is 25.1 Å². The third-order valence-electron chi connectivity index (χ3n) is 2.71. The molecule has 6 nitrogen and oxygen atoms in total. The highest BCUT2D eigenvalue weighted by Gasteiger charge is 2.12. The number of hydrogen-bond donors (Lipinski definition) is 1. The molecule has 3 rings (SSSR count). The Kier molecular flexibility index (Phi) is 2.66. The third-order valence-corrected chi connectivity index (χ3v) is 4.46. The molecule has 1 aromatic carbocycles. The van der Waals surface area contributed by atoms with Crippen LogP contribution in [0.1, 0.15) is 5.01 Å². The second-order valence-corrected chi connectivity index (χ2v) is 6.78. The molecule has 0 aliphatic heterocycles. The van der Waals surface area contributed by atoms with Crippen LogP contribution in [0.15, 0.2) is 35.4 Å². The summed E-state index contributed by atoms with van der Waals surface area (Å²) >= 11 is 1.43. The molecule has 0 unspecified atom stereocenters. The Balaban J connectivity index is 2.27. The number of rotatable bonds is 2. The maximum atomic E-state index is 11.4. The molecule has 2 aromatic heterocycles. The van der Waals surface area contributed by atoms with Crippen molar-refractivity contribution in [2.45, 2.75) is 11.8 Å². The molecule has 0 radical (unpaired) electrons. The van der Waals surface area contributed by atoms with Crippen LogP contribution in [0.5, 0.6) is 0 Å². The first-order chi connectivity index (χ1) is 8.95. The Bertz CT molecular complexity index is 864. The van der Waals surface area contributed by atoms with Gasteiger partial charge in [0.25, 0.3) is 0 Å². The van der Waals surface area contributed by atoms with Crippen molar-refractivity contribution in [1.29, 1.82) is 0 Å². The molecule has 8 heteroatoms. The minimum Gasteiger partial charge on any atom is -0.291 e. The summed E-state index contributed by atoms with van der Waals surface area (Å²) in [4.78, 5) is 0.0844. The number of aryl methyl sites for hydroxylation is 1. The van der Waals surface area contributed by atoms with Crippen molar-refractivity contribution in [2.75, 3.05) is 0 Å². The topological polar surface area (TPSA) is 90.9 Å². The molecule has 98 valence electrons. The molecule has 0 atom stereocenters. The first kappa shape index (κ1) is 12.3. The second kappa shape index (κ2) is 4.12. The van der Waals surface area contributed by atoms with E-state index in [-0.39, 0.29) is 4.90 Å². The standard InChI is InChI=1S/C11H10N4O2S2/c1-7-13-14-11(18-7)15-5-4-8-2-3-9(6-10(8)15)19(12,16)17/h2-6H,1H3,(H2,12,16,17). The fourth-order valence-electron chi connectivity index (χ4n) is 1.84. The smallest absolute Gasteiger partial charge is 0.238 e. The van der Waals surface area contributed by atoms with Gasteiger partial charge in [0.05, 0.1) is 10.4 Å². The van der Waals surface area contributed by atoms with E-state index in [0.717, 1.165) is 15.9 Å². The summed E-state index contributed by atoms with van der Waals surface area (Å²) in [5.41, 5.74) is 0.739. The number of fused-ring (bicyclic) bond motifs is 1. The zero-order valence-electron chi connectivity index (χ0n) is 9.94. The van der Waals surface area contributed by atoms with Gasteiger partial charge in [0.2, 0.25) is 15.2 Å². The van der Waals surface area contributed by atoms with Crippen molar-refractivity contribution in [3.63, 3.8) is 0 Å². The molecule has 19 heavy (non-hydrogen) atoms. The van der Waals surface area contributed by atoms with E-state index in [0.29, 0.717) is 5.13 Å². The predicted octanol–water partition coefficient (Wildman–Crippen LogP) is 1.44. The van der Waals surface area contributed by atoms with Crippen LogP contribution < -0.4 is 5.14 Å². The van der Waals surface area contributed by atoms with Gasteiger partial charge in [-0.25, -0.2) is 13.6 Å². The van der Waals surface area contributed by atoms with Crippen LogP contribution in [0.4, 0.5) is 0 Å². The molecule has 0 aliphatic carbocycles. The van der Waals surface area contributed by atoms with Gasteiger partial charge in [0.1, 0.15) is 5.01 Å². The summed E-state index contributed by atoms with van der Waals surface area (Å²) in [6.07, 6.45) is 1.83. The SMILES string of the molecule is Cc1nnc(-n2ccc3ccc(S(N)(=O)=O)cc32)s1. The maximum absolute atomic E-state index is 11.4. The van der Waals surface area contributed by atoms with Crippen LogP contribution in [0.3, 0.4) is 0 Å². The Morgan fingerprint density at radius 2 is 2.05 bits per heavy atom. The summed E-state index contributed by atoms with van der Waals surface area (Å²) in [7, 11) is -3.71. The van der Waals surface area contributed by atoms with E-state index < -0.39 is 10.0 Å². The van der Waals surface area contributed by atoms with Crippen molar-refractivity contribution in [2.24, 2.45) is 5.14 Å². The highest BCUT2D eigenvalue weighted by molar-refractivity contribution is 7.89. The van der Waals surface area contributed by atoms with Gasteiger partial charge in [0, 0.05) is 11.6 Å². The van der Waals surface area contributed by atoms with E-state index in [9.17, 15) is 8.42 Å². The highest BCUT2D eigenvalue weighted by atomic mass is 32.2. The number of aromatic nitrogens is 3. The Hall–Kier alpha value is -1.77. The summed E-state index contributed by atoms with van der Waals surface area (Å²) in [6.45, 7) is 1.86. The lowest BCUT2D eigenvalue weighted by Crippen LogP contribution is -2.12. The van der Waals surface area contributed by atoms with E-state index >= 15 is 0 Å². The quantitative estimate of drug-likeness (QED) is 0.774. The van der Waals surface area contributed by atoms with Gasteiger partial charge in [0.15, 0.2) is 0 Å². The highest BCUT2D eigenvalue weighted by Crippen LogP contribution is 2.24. The van der Waals surface area contributed by atoms with E-state index in [1.807, 2.05) is 19.2 Å². The molecule has 0 aliphatic rings. The molecular weight excluding hydrogens is 284 g/mol. The fourth-order valence-corrected chi connectivity index (χ4v) is 3.05. The molecule has 2 heterocycles. The van der Waals surface area contributed by atoms with Gasteiger partial charge < -0.3 is 0 Å². The average molecular weight is 294 g/mol. The Labute approximate surface area is 113 Å². The van der Waals surface area contributed by atoms with Crippen molar-refractivity contribution in [3.8, 4) is 5.13 Å². The minimum atomic E-state index is -3.71. The molecule has 0 fully saturated rings. The zero-order valence-corrected chi connectivity index (χ0v) is 11.6. The van der Waals surface area contributed by atoms with Gasteiger partial charge >= 0.3 is 0 Å². The predicted molar refractivity (Wildman–Crippen MR) is 72.9 cm³/mol. The molecular formula is C11H10N4O2S2. The zero-order chi connectivity index (χ0) is 13.6. The van der Waals surface area contributed by atoms with Crippen molar-refractivity contribution in [1.82, 2.24) is 14.8 Å². The summed E-state index contributed by atoms with van der Waals surface area (Å²) in [5.74, 6) is 0. The summed E-state index contributed by atoms with van der Waals surface area (Å²) in [5, 5.41) is 15.6. The van der Waals surface area contributed by atoms with Crippen LogP contribution in [0.25, 0.3) is 16.0 Å². The summed E-state index contributed by atoms with van der Waals surface area (Å²) in [6, 6.07) is 6.65. The fraction of sp³-hybridized carbons (Fsp3) is 0.0909. The van der Waals surface area contributed by atoms with E-state index in [1.54, 1.807) is 16.7 Å². The van der Waals surface area contributed by atoms with Crippen molar-refractivity contribution in [3.05, 3.63) is 35.5 Å². The van der Waals surface area contributed by atoms with Crippen LogP contribution in [0.2, 0.25) is 0 Å². The Morgan fingerprint density at radius 3 is 2.68 bits per heavy atom.